The third-order valence-corrected chi connectivity index (χ3v) is 2.58. The van der Waals surface area contributed by atoms with Gasteiger partial charge in [0.2, 0.25) is 0 Å². The number of ether oxygens (including phenoxy) is 1. The highest BCUT2D eigenvalue weighted by atomic mass is 16.5. The minimum atomic E-state index is 0.763. The van der Waals surface area contributed by atoms with Crippen molar-refractivity contribution >= 4 is 10.8 Å². The molecule has 0 amide bonds. The molecule has 2 nitrogen and oxygen atoms in total. The van der Waals surface area contributed by atoms with Crippen LogP contribution in [-0.2, 0) is 11.2 Å². The quantitative estimate of drug-likeness (QED) is 0.739. The van der Waals surface area contributed by atoms with Crippen molar-refractivity contribution in [2.45, 2.75) is 13.3 Å². The van der Waals surface area contributed by atoms with E-state index < -0.39 is 0 Å². The van der Waals surface area contributed by atoms with Crippen LogP contribution in [0.15, 0.2) is 55.5 Å². The topological polar surface area (TPSA) is 22.1 Å². The maximum absolute atomic E-state index is 4.93. The molecule has 1 aromatic heterocycles. The van der Waals surface area contributed by atoms with Crippen LogP contribution < -0.4 is 0 Å². The summed E-state index contributed by atoms with van der Waals surface area (Å²) in [4.78, 5) is 4.57. The van der Waals surface area contributed by atoms with E-state index in [-0.39, 0.29) is 0 Å². The van der Waals surface area contributed by atoms with Crippen molar-refractivity contribution in [3.8, 4) is 0 Å². The highest BCUT2D eigenvalue weighted by Crippen LogP contribution is 2.17. The third kappa shape index (κ3) is 2.72. The predicted octanol–water partition coefficient (Wildman–Crippen LogP) is 3.76. The van der Waals surface area contributed by atoms with E-state index in [1.54, 1.807) is 6.26 Å². The van der Waals surface area contributed by atoms with E-state index in [0.29, 0.717) is 0 Å². The first-order chi connectivity index (χ1) is 8.31. The lowest BCUT2D eigenvalue weighted by Crippen LogP contribution is -1.92. The molecule has 0 N–H and O–H groups in total. The molecule has 2 heteroatoms. The third-order valence-electron chi connectivity index (χ3n) is 2.58. The van der Waals surface area contributed by atoms with Gasteiger partial charge < -0.3 is 4.74 Å². The van der Waals surface area contributed by atoms with Gasteiger partial charge in [0.05, 0.1) is 12.5 Å². The molecule has 2 rings (SSSR count). The molecule has 0 fully saturated rings. The molecule has 0 radical (unpaired) electrons. The first kappa shape index (κ1) is 11.4. The second kappa shape index (κ2) is 5.30. The van der Waals surface area contributed by atoms with Crippen LogP contribution in [0.3, 0.4) is 0 Å². The zero-order valence-corrected chi connectivity index (χ0v) is 9.89. The van der Waals surface area contributed by atoms with Crippen LogP contribution in [0.25, 0.3) is 10.8 Å². The molecule has 0 aliphatic carbocycles. The average molecular weight is 225 g/mol. The van der Waals surface area contributed by atoms with Gasteiger partial charge in [0, 0.05) is 23.2 Å². The van der Waals surface area contributed by atoms with Crippen molar-refractivity contribution in [2.75, 3.05) is 0 Å². The number of fused-ring (bicyclic) bond motifs is 1. The number of aryl methyl sites for hydroxylation is 1. The van der Waals surface area contributed by atoms with E-state index in [1.807, 2.05) is 25.1 Å². The molecule has 0 unspecified atom stereocenters. The smallest absolute Gasteiger partial charge is 0.0865 e. The number of pyridine rings is 1. The Bertz CT molecular complexity index is 558. The molecule has 17 heavy (non-hydrogen) atoms. The monoisotopic (exact) mass is 225 g/mol. The molecule has 2 aromatic rings. The number of allylic oxidation sites excluding steroid dienone is 1. The van der Waals surface area contributed by atoms with Crippen LogP contribution in [0.1, 0.15) is 11.4 Å². The van der Waals surface area contributed by atoms with Gasteiger partial charge in [0.15, 0.2) is 0 Å². The molecule has 0 spiro atoms. The molecule has 0 saturated carbocycles. The summed E-state index contributed by atoms with van der Waals surface area (Å²) in [5.74, 6) is 0. The van der Waals surface area contributed by atoms with Gasteiger partial charge in [-0.25, -0.2) is 0 Å². The molecule has 0 aliphatic heterocycles. The predicted molar refractivity (Wildman–Crippen MR) is 70.6 cm³/mol. The average Bonchev–Trinajstić information content (AvgIpc) is 2.35. The van der Waals surface area contributed by atoms with Crippen molar-refractivity contribution in [3.63, 3.8) is 0 Å². The number of aromatic nitrogens is 1. The molecule has 0 aliphatic rings. The molecule has 1 heterocycles. The Morgan fingerprint density at radius 3 is 3.00 bits per heavy atom. The highest BCUT2D eigenvalue weighted by Gasteiger charge is 2.00. The Balaban J connectivity index is 2.27. The van der Waals surface area contributed by atoms with Crippen molar-refractivity contribution in [2.24, 2.45) is 0 Å². The zero-order valence-electron chi connectivity index (χ0n) is 9.89. The lowest BCUT2D eigenvalue weighted by Gasteiger charge is -2.04. The summed E-state index contributed by atoms with van der Waals surface area (Å²) in [6.45, 7) is 5.51. The maximum atomic E-state index is 4.93. The summed E-state index contributed by atoms with van der Waals surface area (Å²) < 4.78 is 4.93. The van der Waals surface area contributed by atoms with Crippen LogP contribution >= 0.6 is 0 Å². The van der Waals surface area contributed by atoms with Gasteiger partial charge in [-0.15, -0.1) is 0 Å². The first-order valence-electron chi connectivity index (χ1n) is 5.58. The fourth-order valence-corrected chi connectivity index (χ4v) is 1.82. The normalized spacial score (nSPS) is 10.9. The van der Waals surface area contributed by atoms with Crippen LogP contribution in [0.2, 0.25) is 0 Å². The summed E-state index contributed by atoms with van der Waals surface area (Å²) in [6.07, 6.45) is 5.71. The van der Waals surface area contributed by atoms with Gasteiger partial charge in [-0.2, -0.15) is 0 Å². The molecule has 86 valence electrons. The Morgan fingerprint density at radius 1 is 1.35 bits per heavy atom. The largest absolute Gasteiger partial charge is 0.474 e. The number of benzene rings is 1. The maximum Gasteiger partial charge on any atom is 0.0865 e. The zero-order chi connectivity index (χ0) is 12.1. The summed E-state index contributed by atoms with van der Waals surface area (Å²) in [6, 6.07) is 10.4. The molecule has 0 saturated heterocycles. The fourth-order valence-electron chi connectivity index (χ4n) is 1.82. The molecule has 1 aromatic carbocycles. The summed E-state index contributed by atoms with van der Waals surface area (Å²) >= 11 is 0. The van der Waals surface area contributed by atoms with Crippen LogP contribution in [0.4, 0.5) is 0 Å². The Labute approximate surface area is 101 Å². The minimum Gasteiger partial charge on any atom is -0.474 e. The lowest BCUT2D eigenvalue weighted by atomic mass is 10.1. The van der Waals surface area contributed by atoms with Crippen molar-refractivity contribution in [3.05, 3.63) is 66.9 Å². The first-order valence-corrected chi connectivity index (χ1v) is 5.58. The van der Waals surface area contributed by atoms with Gasteiger partial charge in [0.25, 0.3) is 0 Å². The number of rotatable bonds is 4. The van der Waals surface area contributed by atoms with Crippen molar-refractivity contribution in [1.82, 2.24) is 4.98 Å². The van der Waals surface area contributed by atoms with Crippen molar-refractivity contribution in [1.29, 1.82) is 0 Å². The van der Waals surface area contributed by atoms with Gasteiger partial charge in [0.1, 0.15) is 0 Å². The van der Waals surface area contributed by atoms with E-state index in [2.05, 4.69) is 29.8 Å². The van der Waals surface area contributed by atoms with E-state index in [9.17, 15) is 0 Å². The lowest BCUT2D eigenvalue weighted by molar-refractivity contribution is 0.403. The number of hydrogen-bond donors (Lipinski definition) is 0. The molecular formula is C15H15NO. The van der Waals surface area contributed by atoms with E-state index >= 15 is 0 Å². The van der Waals surface area contributed by atoms with Gasteiger partial charge >= 0.3 is 0 Å². The Kier molecular flexibility index (Phi) is 3.55. The minimum absolute atomic E-state index is 0.763. The Morgan fingerprint density at radius 2 is 2.18 bits per heavy atom. The fraction of sp³-hybridized carbons (Fsp3) is 0.133. The molecular weight excluding hydrogens is 210 g/mol. The number of hydrogen-bond acceptors (Lipinski definition) is 2. The van der Waals surface area contributed by atoms with Crippen LogP contribution in [0, 0.1) is 6.92 Å². The molecule has 0 atom stereocenters. The van der Waals surface area contributed by atoms with Crippen molar-refractivity contribution < 1.29 is 4.74 Å². The summed E-state index contributed by atoms with van der Waals surface area (Å²) in [5.41, 5.74) is 2.11. The van der Waals surface area contributed by atoms with Crippen LogP contribution in [-0.4, -0.2) is 4.98 Å². The van der Waals surface area contributed by atoms with E-state index in [4.69, 9.17) is 4.74 Å². The Hall–Kier alpha value is -2.09. The van der Waals surface area contributed by atoms with Gasteiger partial charge in [-0.1, -0.05) is 30.8 Å². The van der Waals surface area contributed by atoms with Crippen LogP contribution in [0.5, 0.6) is 0 Å². The standard InChI is InChI=1S/C15H15NO/c1-3-17-10-6-8-14-11-13-7-4-5-9-15(13)12(2)16-14/h3-7,9-11H,1,8H2,2H3/b10-6+. The van der Waals surface area contributed by atoms with E-state index in [1.165, 1.54) is 17.0 Å². The second-order valence-electron chi connectivity index (χ2n) is 3.80. The number of nitrogens with zero attached hydrogens (tertiary/aromatic N) is 1. The molecule has 0 bridgehead atoms. The second-order valence-corrected chi connectivity index (χ2v) is 3.80. The SMILES string of the molecule is C=CO/C=C/Cc1cc2ccccc2c(C)n1. The summed E-state index contributed by atoms with van der Waals surface area (Å²) in [7, 11) is 0. The van der Waals surface area contributed by atoms with Gasteiger partial charge in [-0.05, 0) is 24.5 Å². The van der Waals surface area contributed by atoms with E-state index in [0.717, 1.165) is 17.8 Å². The van der Waals surface area contributed by atoms with Gasteiger partial charge in [-0.3, -0.25) is 4.98 Å². The summed E-state index contributed by atoms with van der Waals surface area (Å²) in [5, 5.41) is 2.44. The highest BCUT2D eigenvalue weighted by molar-refractivity contribution is 5.84.